The second-order valence-corrected chi connectivity index (χ2v) is 26.3. The summed E-state index contributed by atoms with van der Waals surface area (Å²) < 4.78 is 42.1. The molecule has 13 N–H and O–H groups in total. The number of rotatable bonds is 6. The minimum Gasteiger partial charge on any atom is -0.327 e. The molecule has 55 heavy (non-hydrogen) atoms. The predicted molar refractivity (Wildman–Crippen MR) is 250 cm³/mol. The molecule has 5 fully saturated rings. The van der Waals surface area contributed by atoms with Crippen LogP contribution in [0.15, 0.2) is 0 Å². The third kappa shape index (κ3) is 21.3. The highest BCUT2D eigenvalue weighted by molar-refractivity contribution is 8.01. The van der Waals surface area contributed by atoms with Crippen molar-refractivity contribution in [1.82, 2.24) is 0 Å². The average molecular weight is 914 g/mol. The Labute approximate surface area is 357 Å². The Kier molecular flexibility index (Phi) is 27.3. The molecule has 0 aromatic heterocycles. The summed E-state index contributed by atoms with van der Waals surface area (Å²) in [7, 11) is -7.87. The van der Waals surface area contributed by atoms with E-state index in [1.165, 1.54) is 43.6 Å². The highest BCUT2D eigenvalue weighted by atomic mass is 32.2. The molecular weight excluding hydrogens is 834 g/mol. The van der Waals surface area contributed by atoms with Crippen molar-refractivity contribution in [1.29, 1.82) is 0 Å². The quantitative estimate of drug-likeness (QED) is 0.105. The van der Waals surface area contributed by atoms with Crippen LogP contribution >= 0.6 is 66.4 Å². The van der Waals surface area contributed by atoms with Crippen molar-refractivity contribution < 1.29 is 27.3 Å². The van der Waals surface area contributed by atoms with Gasteiger partial charge in [-0.15, -0.1) is 0 Å². The first-order chi connectivity index (χ1) is 25.6. The van der Waals surface area contributed by atoms with Crippen molar-refractivity contribution in [2.24, 2.45) is 46.4 Å². The van der Waals surface area contributed by atoms with Crippen molar-refractivity contribution in [2.75, 3.05) is 28.8 Å². The van der Waals surface area contributed by atoms with E-state index < -0.39 is 28.6 Å². The van der Waals surface area contributed by atoms with Crippen LogP contribution in [-0.2, 0) is 14.7 Å². The summed E-state index contributed by atoms with van der Waals surface area (Å²) in [6.45, 7) is 17.6. The number of nitrogens with two attached hydrogens (primary N) is 5. The molecule has 5 rings (SSSR count). The van der Waals surface area contributed by atoms with Crippen LogP contribution in [0.1, 0.15) is 113 Å². The van der Waals surface area contributed by atoms with E-state index in [2.05, 4.69) is 65.1 Å². The molecule has 0 amide bonds. The SMILES string of the molecule is CC1CC(N)CSC1C.CCC1SCC(N)CC1C.CCC1SCC(N)CC1C.CCC1SCC(N)CC1P(=O)(O)O.CCC1SCC(N)CC1S(=O)(=O)O. The molecule has 0 radical (unpaired) electrons. The van der Waals surface area contributed by atoms with Crippen LogP contribution < -0.4 is 28.7 Å². The van der Waals surface area contributed by atoms with Crippen molar-refractivity contribution >= 4 is 76.5 Å². The van der Waals surface area contributed by atoms with Crippen LogP contribution in [0.4, 0.5) is 0 Å². The second kappa shape index (κ2) is 27.5. The fraction of sp³-hybridized carbons (Fsp3) is 1.00. The second-order valence-electron chi connectivity index (χ2n) is 16.3. The number of hydrogen-bond acceptors (Lipinski definition) is 13. The first-order valence-corrected chi connectivity index (χ1v) is 28.9. The Hall–Kier alpha value is 1.61. The summed E-state index contributed by atoms with van der Waals surface area (Å²) in [6.07, 6.45) is 8.66. The Morgan fingerprint density at radius 3 is 1.18 bits per heavy atom. The zero-order chi connectivity index (χ0) is 42.1. The first-order valence-electron chi connectivity index (χ1n) is 20.4. The summed E-state index contributed by atoms with van der Waals surface area (Å²) in [4.78, 5) is 18.2. The van der Waals surface area contributed by atoms with Gasteiger partial charge in [-0.25, -0.2) is 0 Å². The lowest BCUT2D eigenvalue weighted by molar-refractivity contribution is 0.346. The largest absolute Gasteiger partial charge is 0.329 e. The van der Waals surface area contributed by atoms with Gasteiger partial charge in [-0.1, -0.05) is 55.4 Å². The van der Waals surface area contributed by atoms with Gasteiger partial charge in [0.1, 0.15) is 0 Å². The lowest BCUT2D eigenvalue weighted by Gasteiger charge is -2.33. The van der Waals surface area contributed by atoms with Gasteiger partial charge in [0.2, 0.25) is 0 Å². The minimum absolute atomic E-state index is 0.00481. The lowest BCUT2D eigenvalue weighted by atomic mass is 9.97. The van der Waals surface area contributed by atoms with Gasteiger partial charge < -0.3 is 38.5 Å². The van der Waals surface area contributed by atoms with Gasteiger partial charge in [0.05, 0.1) is 10.9 Å². The Morgan fingerprint density at radius 1 is 0.527 bits per heavy atom. The van der Waals surface area contributed by atoms with E-state index >= 15 is 0 Å². The smallest absolute Gasteiger partial charge is 0.327 e. The number of thioether (sulfide) groups is 5. The van der Waals surface area contributed by atoms with Crippen molar-refractivity contribution in [3.63, 3.8) is 0 Å². The van der Waals surface area contributed by atoms with Crippen LogP contribution in [0, 0.1) is 17.8 Å². The number of hydrogen-bond donors (Lipinski definition) is 8. The van der Waals surface area contributed by atoms with Gasteiger partial charge in [0.25, 0.3) is 10.1 Å². The van der Waals surface area contributed by atoms with Crippen LogP contribution in [0.2, 0.25) is 0 Å². The Balaban J connectivity index is 0.000000346. The molecule has 15 unspecified atom stereocenters. The van der Waals surface area contributed by atoms with Gasteiger partial charge in [-0.05, 0) is 75.5 Å². The van der Waals surface area contributed by atoms with Crippen molar-refractivity contribution in [3.8, 4) is 0 Å². The molecule has 0 aromatic rings. The molecule has 5 heterocycles. The van der Waals surface area contributed by atoms with Crippen LogP contribution in [0.3, 0.4) is 0 Å². The van der Waals surface area contributed by atoms with E-state index in [0.717, 1.165) is 63.6 Å². The molecule has 15 atom stereocenters. The fourth-order valence-corrected chi connectivity index (χ4v) is 17.4. The summed E-state index contributed by atoms with van der Waals surface area (Å²) in [6, 6.07) is 1.21. The Bertz CT molecular complexity index is 1170. The maximum absolute atomic E-state index is 11.1. The van der Waals surface area contributed by atoms with Crippen molar-refractivity contribution in [3.05, 3.63) is 0 Å². The summed E-state index contributed by atoms with van der Waals surface area (Å²) in [5, 5.41) is 1.96. The molecule has 0 bridgehead atoms. The van der Waals surface area contributed by atoms with Gasteiger partial charge in [-0.2, -0.15) is 67.2 Å². The van der Waals surface area contributed by atoms with E-state index in [1.807, 2.05) is 25.6 Å². The summed E-state index contributed by atoms with van der Waals surface area (Å²) in [5.74, 6) is 7.58. The van der Waals surface area contributed by atoms with Gasteiger partial charge in [0.15, 0.2) is 0 Å². The zero-order valence-corrected chi connectivity index (χ0v) is 40.7. The van der Waals surface area contributed by atoms with Crippen LogP contribution in [0.5, 0.6) is 0 Å². The highest BCUT2D eigenvalue weighted by Gasteiger charge is 2.40. The molecule has 0 saturated carbocycles. The molecule has 0 aliphatic carbocycles. The molecule has 0 aromatic carbocycles. The van der Waals surface area contributed by atoms with E-state index in [0.29, 0.717) is 31.0 Å². The monoisotopic (exact) mass is 913 g/mol. The average Bonchev–Trinajstić information content (AvgIpc) is 3.10. The van der Waals surface area contributed by atoms with Gasteiger partial charge in [0, 0.05) is 85.2 Å². The maximum Gasteiger partial charge on any atom is 0.329 e. The van der Waals surface area contributed by atoms with E-state index in [1.54, 1.807) is 23.5 Å². The normalized spacial score (nSPS) is 39.6. The minimum atomic E-state index is -3.95. The molecule has 11 nitrogen and oxygen atoms in total. The summed E-state index contributed by atoms with van der Waals surface area (Å²) >= 11 is 9.25. The zero-order valence-electron chi connectivity index (χ0n) is 34.9. The summed E-state index contributed by atoms with van der Waals surface area (Å²) in [5.41, 5.74) is 28.2. The van der Waals surface area contributed by atoms with E-state index in [9.17, 15) is 13.0 Å². The predicted octanol–water partition coefficient (Wildman–Crippen LogP) is 6.47. The molecular formula is C37H80N5O6PS6. The van der Waals surface area contributed by atoms with Crippen molar-refractivity contribution in [2.45, 2.75) is 181 Å². The third-order valence-corrected chi connectivity index (χ3v) is 22.9. The Morgan fingerprint density at radius 2 is 0.855 bits per heavy atom. The fourth-order valence-electron chi connectivity index (χ4n) is 7.63. The maximum atomic E-state index is 11.1. The molecule has 5 saturated heterocycles. The van der Waals surface area contributed by atoms with Crippen LogP contribution in [-0.4, -0.2) is 119 Å². The topological polar surface area (TPSA) is 242 Å². The molecule has 330 valence electrons. The molecule has 0 spiro atoms. The standard InChI is InChI=1S/2C8H17NS.C7H16NO3PS.C7H15NO3S2.C7H15NS/c2*1-3-8-6(2)4-7(9)5-10-8;1-2-7-6(12(9,10)11)3-5(8)4-13-7;1-2-6-7(13(9,10)11)3-5(8)4-12-6;1-5-3-7(8)4-9-6(5)2/h2*6-8H,3-5,9H2,1-2H3;5-7H,2-4,8H2,1H3,(H2,9,10,11);5-7H,2-4,8H2,1H3,(H,9,10,11);5-7H,3-4,8H2,1-2H3. The molecule has 5 aliphatic heterocycles. The van der Waals surface area contributed by atoms with Gasteiger partial charge >= 0.3 is 7.60 Å². The van der Waals surface area contributed by atoms with E-state index in [-0.39, 0.29) is 22.6 Å². The van der Waals surface area contributed by atoms with Gasteiger partial charge in [-0.3, -0.25) is 9.12 Å². The third-order valence-electron chi connectivity index (χ3n) is 11.1. The first kappa shape index (κ1) is 54.6. The molecule has 5 aliphatic rings. The van der Waals surface area contributed by atoms with E-state index in [4.69, 9.17) is 43.0 Å². The van der Waals surface area contributed by atoms with Crippen LogP contribution in [0.25, 0.3) is 0 Å². The molecule has 18 heteroatoms. The highest BCUT2D eigenvalue weighted by Crippen LogP contribution is 2.50. The lowest BCUT2D eigenvalue weighted by Crippen LogP contribution is -2.43.